The van der Waals surface area contributed by atoms with Crippen LogP contribution in [0, 0.1) is 0 Å². The summed E-state index contributed by atoms with van der Waals surface area (Å²) in [5, 5.41) is 0. The number of hydrogen-bond acceptors (Lipinski definition) is 3. The van der Waals surface area contributed by atoms with Gasteiger partial charge in [0.2, 0.25) is 0 Å². The molecule has 2 aromatic carbocycles. The first-order valence-corrected chi connectivity index (χ1v) is 10.7. The van der Waals surface area contributed by atoms with Gasteiger partial charge in [0.1, 0.15) is 0 Å². The molecule has 0 amide bonds. The van der Waals surface area contributed by atoms with E-state index in [1.54, 1.807) is 4.57 Å². The molecule has 1 aliphatic heterocycles. The molecule has 0 radical (unpaired) electrons. The molecule has 4 rings (SSSR count). The molecule has 0 bridgehead atoms. The lowest BCUT2D eigenvalue weighted by molar-refractivity contribution is 0.236. The summed E-state index contributed by atoms with van der Waals surface area (Å²) in [7, 11) is 0. The zero-order valence-corrected chi connectivity index (χ0v) is 18.1. The molecule has 6 heteroatoms. The number of hydrogen-bond donors (Lipinski definition) is 0. The van der Waals surface area contributed by atoms with Gasteiger partial charge in [-0.3, -0.25) is 18.8 Å². The molecule has 150 valence electrons. The van der Waals surface area contributed by atoms with Crippen LogP contribution in [0.5, 0.6) is 0 Å². The van der Waals surface area contributed by atoms with Crippen LogP contribution in [0.25, 0.3) is 0 Å². The zero-order valence-electron chi connectivity index (χ0n) is 16.5. The van der Waals surface area contributed by atoms with Crippen LogP contribution in [-0.4, -0.2) is 20.6 Å². The van der Waals surface area contributed by atoms with Gasteiger partial charge >= 0.3 is 5.69 Å². The van der Waals surface area contributed by atoms with Gasteiger partial charge in [0.25, 0.3) is 5.56 Å². The van der Waals surface area contributed by atoms with Crippen molar-refractivity contribution in [3.63, 3.8) is 0 Å². The van der Waals surface area contributed by atoms with Gasteiger partial charge < -0.3 is 0 Å². The highest BCUT2D eigenvalue weighted by Gasteiger charge is 2.25. The molecule has 0 N–H and O–H groups in total. The normalized spacial score (nSPS) is 14.0. The molecule has 0 spiro atoms. The Morgan fingerprint density at radius 3 is 2.38 bits per heavy atom. The molecule has 1 aromatic heterocycles. The van der Waals surface area contributed by atoms with Gasteiger partial charge in [0.15, 0.2) is 0 Å². The molecule has 29 heavy (non-hydrogen) atoms. The van der Waals surface area contributed by atoms with Gasteiger partial charge in [-0.25, -0.2) is 4.79 Å². The summed E-state index contributed by atoms with van der Waals surface area (Å²) in [5.41, 5.74) is 3.42. The van der Waals surface area contributed by atoms with Crippen molar-refractivity contribution in [3.05, 3.63) is 102 Å². The zero-order chi connectivity index (χ0) is 20.4. The van der Waals surface area contributed by atoms with E-state index in [0.717, 1.165) is 40.8 Å². The Kier molecular flexibility index (Phi) is 5.83. The number of halogens is 1. The van der Waals surface area contributed by atoms with Crippen molar-refractivity contribution in [2.24, 2.45) is 0 Å². The predicted octanol–water partition coefficient (Wildman–Crippen LogP) is 3.40. The summed E-state index contributed by atoms with van der Waals surface area (Å²) in [4.78, 5) is 28.7. The molecule has 0 aliphatic carbocycles. The largest absolute Gasteiger partial charge is 0.331 e. The molecular weight excluding hydrogens is 430 g/mol. The minimum atomic E-state index is -0.219. The molecular formula is C23H24BrN3O2. The van der Waals surface area contributed by atoms with E-state index in [9.17, 15) is 9.59 Å². The average Bonchev–Trinajstić information content (AvgIpc) is 2.74. The molecule has 2 heterocycles. The van der Waals surface area contributed by atoms with Crippen LogP contribution in [0.3, 0.4) is 0 Å². The van der Waals surface area contributed by atoms with Gasteiger partial charge in [0.05, 0.1) is 12.1 Å². The minimum absolute atomic E-state index is 0.164. The Morgan fingerprint density at radius 1 is 0.931 bits per heavy atom. The highest BCUT2D eigenvalue weighted by Crippen LogP contribution is 2.19. The highest BCUT2D eigenvalue weighted by molar-refractivity contribution is 9.10. The Morgan fingerprint density at radius 2 is 1.66 bits per heavy atom. The fourth-order valence-corrected chi connectivity index (χ4v) is 4.46. The fraction of sp³-hybridized carbons (Fsp3) is 0.304. The molecule has 3 aromatic rings. The second-order valence-corrected chi connectivity index (χ2v) is 8.24. The van der Waals surface area contributed by atoms with Crippen LogP contribution >= 0.6 is 15.9 Å². The van der Waals surface area contributed by atoms with E-state index in [-0.39, 0.29) is 17.8 Å². The van der Waals surface area contributed by atoms with Crippen molar-refractivity contribution in [2.45, 2.75) is 39.5 Å². The van der Waals surface area contributed by atoms with Crippen molar-refractivity contribution >= 4 is 15.9 Å². The summed E-state index contributed by atoms with van der Waals surface area (Å²) in [6.45, 7) is 5.01. The van der Waals surface area contributed by atoms with E-state index >= 15 is 0 Å². The maximum atomic E-state index is 13.3. The molecule has 0 saturated heterocycles. The molecule has 0 fully saturated rings. The minimum Gasteiger partial charge on any atom is -0.297 e. The van der Waals surface area contributed by atoms with Crippen molar-refractivity contribution in [2.75, 3.05) is 6.54 Å². The summed E-state index contributed by atoms with van der Waals surface area (Å²) in [6, 6.07) is 18.0. The monoisotopic (exact) mass is 453 g/mol. The van der Waals surface area contributed by atoms with Crippen LogP contribution in [0.2, 0.25) is 0 Å². The van der Waals surface area contributed by atoms with Crippen LogP contribution in [0.15, 0.2) is 68.7 Å². The number of nitrogens with zero attached hydrogens (tertiary/aromatic N) is 3. The Bertz CT molecular complexity index is 1140. The number of fused-ring (bicyclic) bond motifs is 1. The van der Waals surface area contributed by atoms with Crippen LogP contribution in [0.4, 0.5) is 0 Å². The Balaban J connectivity index is 1.72. The van der Waals surface area contributed by atoms with Gasteiger partial charge in [-0.05, 0) is 24.1 Å². The fourth-order valence-electron chi connectivity index (χ4n) is 4.05. The first-order chi connectivity index (χ1) is 14.1. The maximum Gasteiger partial charge on any atom is 0.331 e. The van der Waals surface area contributed by atoms with E-state index in [0.29, 0.717) is 13.1 Å². The topological polar surface area (TPSA) is 47.2 Å². The summed E-state index contributed by atoms with van der Waals surface area (Å²) in [6.07, 6.45) is 0.719. The average molecular weight is 454 g/mol. The smallest absolute Gasteiger partial charge is 0.297 e. The molecule has 1 aliphatic rings. The molecule has 5 nitrogen and oxygen atoms in total. The second-order valence-electron chi connectivity index (χ2n) is 7.38. The standard InChI is InChI=1S/C23H24BrN3O2/c1-2-26-21-12-13-25(14-17-8-4-3-5-9-17)16-19(21)22(28)27(23(26)29)15-18-10-6-7-11-20(18)24/h3-11H,2,12-16H2,1H3. The van der Waals surface area contributed by atoms with Crippen molar-refractivity contribution in [1.82, 2.24) is 14.0 Å². The first-order valence-electron chi connectivity index (χ1n) is 9.93. The van der Waals surface area contributed by atoms with E-state index in [2.05, 4.69) is 33.0 Å². The Labute approximate surface area is 178 Å². The number of aromatic nitrogens is 2. The number of rotatable bonds is 5. The van der Waals surface area contributed by atoms with Crippen molar-refractivity contribution in [3.8, 4) is 0 Å². The van der Waals surface area contributed by atoms with Gasteiger partial charge in [-0.15, -0.1) is 0 Å². The van der Waals surface area contributed by atoms with Gasteiger partial charge in [-0.1, -0.05) is 64.5 Å². The van der Waals surface area contributed by atoms with Gasteiger partial charge in [0, 0.05) is 42.8 Å². The number of benzene rings is 2. The Hall–Kier alpha value is -2.44. The third-order valence-corrected chi connectivity index (χ3v) is 6.31. The van der Waals surface area contributed by atoms with Crippen LogP contribution in [-0.2, 0) is 32.6 Å². The summed E-state index contributed by atoms with van der Waals surface area (Å²) >= 11 is 3.53. The van der Waals surface area contributed by atoms with Crippen LogP contribution in [0.1, 0.15) is 29.3 Å². The third-order valence-electron chi connectivity index (χ3n) is 5.54. The van der Waals surface area contributed by atoms with E-state index in [1.165, 1.54) is 10.1 Å². The third kappa shape index (κ3) is 4.00. The van der Waals surface area contributed by atoms with Crippen molar-refractivity contribution in [1.29, 1.82) is 0 Å². The predicted molar refractivity (Wildman–Crippen MR) is 118 cm³/mol. The SMILES string of the molecule is CCn1c2c(c(=O)n(Cc3ccccc3Br)c1=O)CN(Cc1ccccc1)CC2. The van der Waals surface area contributed by atoms with E-state index < -0.39 is 0 Å². The second kappa shape index (κ2) is 8.51. The highest BCUT2D eigenvalue weighted by atomic mass is 79.9. The molecule has 0 atom stereocenters. The quantitative estimate of drug-likeness (QED) is 0.594. The van der Waals surface area contributed by atoms with Gasteiger partial charge in [-0.2, -0.15) is 0 Å². The lowest BCUT2D eigenvalue weighted by Crippen LogP contribution is -2.47. The maximum absolute atomic E-state index is 13.3. The summed E-state index contributed by atoms with van der Waals surface area (Å²) < 4.78 is 4.06. The van der Waals surface area contributed by atoms with E-state index in [1.807, 2.05) is 49.4 Å². The molecule has 0 saturated carbocycles. The van der Waals surface area contributed by atoms with E-state index in [4.69, 9.17) is 0 Å². The lowest BCUT2D eigenvalue weighted by Gasteiger charge is -2.30. The first kappa shape index (κ1) is 19.9. The lowest BCUT2D eigenvalue weighted by atomic mass is 10.0. The van der Waals surface area contributed by atoms with Crippen molar-refractivity contribution < 1.29 is 0 Å². The molecule has 0 unspecified atom stereocenters. The summed E-state index contributed by atoms with van der Waals surface area (Å²) in [5.74, 6) is 0. The van der Waals surface area contributed by atoms with Crippen LogP contribution < -0.4 is 11.2 Å².